The van der Waals surface area contributed by atoms with Crippen molar-refractivity contribution in [2.24, 2.45) is 0 Å². The lowest BCUT2D eigenvalue weighted by Gasteiger charge is -2.05. The van der Waals surface area contributed by atoms with Crippen molar-refractivity contribution in [1.82, 2.24) is 4.98 Å². The summed E-state index contributed by atoms with van der Waals surface area (Å²) >= 11 is 6.18. The van der Waals surface area contributed by atoms with Gasteiger partial charge in [0.25, 0.3) is 0 Å². The van der Waals surface area contributed by atoms with Gasteiger partial charge in [-0.15, -0.1) is 0 Å². The second-order valence-corrected chi connectivity index (χ2v) is 3.69. The van der Waals surface area contributed by atoms with Crippen LogP contribution in [0, 0.1) is 11.3 Å². The molecular formula is C12H9ClN2O. The molecule has 80 valence electrons. The summed E-state index contributed by atoms with van der Waals surface area (Å²) in [6.07, 6.45) is 1.90. The van der Waals surface area contributed by atoms with E-state index in [0.717, 1.165) is 22.2 Å². The minimum absolute atomic E-state index is 0.272. The number of ether oxygens (including phenoxy) is 1. The van der Waals surface area contributed by atoms with E-state index in [1.54, 1.807) is 13.3 Å². The van der Waals surface area contributed by atoms with E-state index in [4.69, 9.17) is 21.6 Å². The molecule has 2 aromatic rings. The lowest BCUT2D eigenvalue weighted by Crippen LogP contribution is -1.90. The Morgan fingerprint density at radius 1 is 1.50 bits per heavy atom. The van der Waals surface area contributed by atoms with Gasteiger partial charge in [-0.1, -0.05) is 11.6 Å². The molecule has 4 heteroatoms. The third kappa shape index (κ3) is 1.80. The first-order chi connectivity index (χ1) is 7.76. The monoisotopic (exact) mass is 232 g/mol. The van der Waals surface area contributed by atoms with Gasteiger partial charge in [0.15, 0.2) is 0 Å². The zero-order chi connectivity index (χ0) is 11.5. The van der Waals surface area contributed by atoms with Crippen molar-refractivity contribution in [2.75, 3.05) is 7.11 Å². The zero-order valence-electron chi connectivity index (χ0n) is 8.70. The topological polar surface area (TPSA) is 45.9 Å². The summed E-state index contributed by atoms with van der Waals surface area (Å²) < 4.78 is 5.10. The van der Waals surface area contributed by atoms with Crippen LogP contribution in [-0.4, -0.2) is 12.1 Å². The number of hydrogen-bond donors (Lipinski definition) is 0. The Morgan fingerprint density at radius 2 is 2.31 bits per heavy atom. The highest BCUT2D eigenvalue weighted by Crippen LogP contribution is 2.28. The minimum atomic E-state index is 0.272. The van der Waals surface area contributed by atoms with Gasteiger partial charge in [-0.2, -0.15) is 5.26 Å². The highest BCUT2D eigenvalue weighted by molar-refractivity contribution is 6.36. The minimum Gasteiger partial charge on any atom is -0.497 e. The molecule has 0 saturated carbocycles. The molecule has 0 bridgehead atoms. The van der Waals surface area contributed by atoms with Crippen LogP contribution in [0.1, 0.15) is 5.56 Å². The average molecular weight is 233 g/mol. The Balaban J connectivity index is 2.63. The van der Waals surface area contributed by atoms with Gasteiger partial charge in [0.2, 0.25) is 0 Å². The molecule has 1 aromatic carbocycles. The largest absolute Gasteiger partial charge is 0.497 e. The second kappa shape index (κ2) is 4.38. The predicted molar refractivity (Wildman–Crippen MR) is 62.6 cm³/mol. The molecule has 0 radical (unpaired) electrons. The first kappa shape index (κ1) is 10.7. The first-order valence-corrected chi connectivity index (χ1v) is 5.12. The van der Waals surface area contributed by atoms with Crippen molar-refractivity contribution < 1.29 is 4.74 Å². The number of rotatable bonds is 2. The summed E-state index contributed by atoms with van der Waals surface area (Å²) in [5.74, 6) is 0.740. The molecular weight excluding hydrogens is 224 g/mol. The van der Waals surface area contributed by atoms with Crippen molar-refractivity contribution in [1.29, 1.82) is 5.26 Å². The summed E-state index contributed by atoms with van der Waals surface area (Å²) in [5.41, 5.74) is 1.52. The van der Waals surface area contributed by atoms with Crippen molar-refractivity contribution in [3.63, 3.8) is 0 Å². The summed E-state index contributed by atoms with van der Waals surface area (Å²) in [7, 11) is 1.60. The molecule has 2 rings (SSSR count). The fourth-order valence-corrected chi connectivity index (χ4v) is 1.79. The normalized spacial score (nSPS) is 10.1. The molecule has 0 spiro atoms. The molecule has 0 fully saturated rings. The molecule has 0 atom stereocenters. The fourth-order valence-electron chi connectivity index (χ4n) is 1.52. The highest BCUT2D eigenvalue weighted by atomic mass is 35.5. The molecule has 0 aliphatic heterocycles. The van der Waals surface area contributed by atoms with Crippen LogP contribution in [0.15, 0.2) is 24.4 Å². The zero-order valence-corrected chi connectivity index (χ0v) is 9.45. The maximum atomic E-state index is 8.64. The molecule has 0 unspecified atom stereocenters. The Morgan fingerprint density at radius 3 is 3.00 bits per heavy atom. The lowest BCUT2D eigenvalue weighted by molar-refractivity contribution is 0.415. The van der Waals surface area contributed by atoms with Gasteiger partial charge in [-0.3, -0.25) is 4.98 Å². The number of halogens is 1. The summed E-state index contributed by atoms with van der Waals surface area (Å²) in [4.78, 5) is 4.25. The van der Waals surface area contributed by atoms with Gasteiger partial charge < -0.3 is 4.74 Å². The quantitative estimate of drug-likeness (QED) is 0.800. The van der Waals surface area contributed by atoms with E-state index in [0.29, 0.717) is 5.02 Å². The average Bonchev–Trinajstić information content (AvgIpc) is 2.32. The smallest absolute Gasteiger partial charge is 0.121 e. The van der Waals surface area contributed by atoms with Gasteiger partial charge in [0.05, 0.1) is 30.1 Å². The molecule has 0 saturated heterocycles. The van der Waals surface area contributed by atoms with Gasteiger partial charge in [-0.25, -0.2) is 0 Å². The molecule has 0 aliphatic rings. The summed E-state index contributed by atoms with van der Waals surface area (Å²) in [6, 6.07) is 7.56. The van der Waals surface area contributed by atoms with E-state index in [1.807, 2.05) is 18.2 Å². The maximum absolute atomic E-state index is 8.64. The molecule has 1 heterocycles. The molecule has 0 N–H and O–H groups in total. The number of methoxy groups -OCH3 is 1. The number of aromatic nitrogens is 1. The van der Waals surface area contributed by atoms with E-state index in [9.17, 15) is 0 Å². The van der Waals surface area contributed by atoms with Crippen molar-refractivity contribution in [2.45, 2.75) is 6.42 Å². The SMILES string of the molecule is COc1ccc2c(Cl)c(CC#N)cnc2c1. The van der Waals surface area contributed by atoms with Crippen LogP contribution in [0.3, 0.4) is 0 Å². The van der Waals surface area contributed by atoms with Crippen molar-refractivity contribution >= 4 is 22.5 Å². The molecule has 16 heavy (non-hydrogen) atoms. The van der Waals surface area contributed by atoms with E-state index in [-0.39, 0.29) is 6.42 Å². The number of hydrogen-bond acceptors (Lipinski definition) is 3. The number of nitriles is 1. The van der Waals surface area contributed by atoms with Gasteiger partial charge in [0, 0.05) is 23.2 Å². The van der Waals surface area contributed by atoms with Crippen LogP contribution in [0.2, 0.25) is 5.02 Å². The fraction of sp³-hybridized carbons (Fsp3) is 0.167. The first-order valence-electron chi connectivity index (χ1n) is 4.74. The van der Waals surface area contributed by atoms with Crippen LogP contribution < -0.4 is 4.74 Å². The standard InChI is InChI=1S/C12H9ClN2O/c1-16-9-2-3-10-11(6-9)15-7-8(4-5-14)12(10)13/h2-3,6-7H,4H2,1H3. The Kier molecular flexibility index (Phi) is 2.93. The van der Waals surface area contributed by atoms with Crippen LogP contribution in [0.25, 0.3) is 10.9 Å². The lowest BCUT2D eigenvalue weighted by atomic mass is 10.1. The van der Waals surface area contributed by atoms with E-state index in [1.165, 1.54) is 0 Å². The van der Waals surface area contributed by atoms with E-state index in [2.05, 4.69) is 11.1 Å². The Labute approximate surface area is 98.2 Å². The highest BCUT2D eigenvalue weighted by Gasteiger charge is 2.07. The number of benzene rings is 1. The van der Waals surface area contributed by atoms with Crippen molar-refractivity contribution in [3.05, 3.63) is 35.0 Å². The van der Waals surface area contributed by atoms with Gasteiger partial charge >= 0.3 is 0 Å². The number of nitrogens with zero attached hydrogens (tertiary/aromatic N) is 2. The third-order valence-electron chi connectivity index (χ3n) is 2.35. The molecule has 3 nitrogen and oxygen atoms in total. The second-order valence-electron chi connectivity index (χ2n) is 3.32. The third-order valence-corrected chi connectivity index (χ3v) is 2.80. The van der Waals surface area contributed by atoms with Gasteiger partial charge in [0.1, 0.15) is 5.75 Å². The van der Waals surface area contributed by atoms with Crippen LogP contribution in [0.4, 0.5) is 0 Å². The predicted octanol–water partition coefficient (Wildman–Crippen LogP) is 2.96. The molecule has 1 aromatic heterocycles. The summed E-state index contributed by atoms with van der Waals surface area (Å²) in [5, 5.41) is 10.1. The number of pyridine rings is 1. The van der Waals surface area contributed by atoms with E-state index >= 15 is 0 Å². The van der Waals surface area contributed by atoms with E-state index < -0.39 is 0 Å². The number of fused-ring (bicyclic) bond motifs is 1. The Bertz CT molecular complexity index is 575. The van der Waals surface area contributed by atoms with Crippen molar-refractivity contribution in [3.8, 4) is 11.8 Å². The Hall–Kier alpha value is -1.79. The van der Waals surface area contributed by atoms with Gasteiger partial charge in [-0.05, 0) is 12.1 Å². The molecule has 0 aliphatic carbocycles. The summed E-state index contributed by atoms with van der Waals surface area (Å²) in [6.45, 7) is 0. The molecule has 0 amide bonds. The maximum Gasteiger partial charge on any atom is 0.121 e. The van der Waals surface area contributed by atoms with Crippen LogP contribution >= 0.6 is 11.6 Å². The van der Waals surface area contributed by atoms with Crippen LogP contribution in [-0.2, 0) is 6.42 Å². The van der Waals surface area contributed by atoms with Crippen LogP contribution in [0.5, 0.6) is 5.75 Å².